The molecule has 0 unspecified atom stereocenters. The summed E-state index contributed by atoms with van der Waals surface area (Å²) in [6.07, 6.45) is -3.85. The SMILES string of the molecule is Nc1ccc(CCCNC(=O)C(F)(F)F)[nH]1. The molecule has 4 N–H and O–H groups in total. The Hall–Kier alpha value is -1.66. The standard InChI is InChI=1S/C9H12F3N3O/c10-9(11,12)8(16)14-5-1-2-6-3-4-7(13)15-6/h3-4,15H,1-2,5,13H2,(H,14,16). The second kappa shape index (κ2) is 4.91. The Labute approximate surface area is 90.0 Å². The Bertz CT molecular complexity index is 359. The minimum atomic E-state index is -4.81. The van der Waals surface area contributed by atoms with Crippen LogP contribution in [0.1, 0.15) is 12.1 Å². The first-order chi connectivity index (χ1) is 7.39. The maximum atomic E-state index is 11.8. The van der Waals surface area contributed by atoms with Crippen molar-refractivity contribution in [2.45, 2.75) is 19.0 Å². The van der Waals surface area contributed by atoms with Crippen LogP contribution in [0.5, 0.6) is 0 Å². The van der Waals surface area contributed by atoms with Crippen LogP contribution in [-0.2, 0) is 11.2 Å². The molecule has 90 valence electrons. The van der Waals surface area contributed by atoms with E-state index in [9.17, 15) is 18.0 Å². The van der Waals surface area contributed by atoms with Gasteiger partial charge in [0.25, 0.3) is 0 Å². The van der Waals surface area contributed by atoms with Crippen LogP contribution < -0.4 is 11.1 Å². The van der Waals surface area contributed by atoms with Gasteiger partial charge in [0.15, 0.2) is 0 Å². The topological polar surface area (TPSA) is 70.9 Å². The number of aryl methyl sites for hydroxylation is 1. The summed E-state index contributed by atoms with van der Waals surface area (Å²) in [6, 6.07) is 3.42. The smallest absolute Gasteiger partial charge is 0.385 e. The van der Waals surface area contributed by atoms with E-state index in [-0.39, 0.29) is 6.54 Å². The second-order valence-corrected chi connectivity index (χ2v) is 3.30. The number of hydrogen-bond acceptors (Lipinski definition) is 2. The van der Waals surface area contributed by atoms with Crippen molar-refractivity contribution < 1.29 is 18.0 Å². The van der Waals surface area contributed by atoms with Crippen LogP contribution in [0.3, 0.4) is 0 Å². The molecule has 0 aromatic carbocycles. The van der Waals surface area contributed by atoms with Gasteiger partial charge in [-0.25, -0.2) is 0 Å². The first-order valence-electron chi connectivity index (χ1n) is 4.68. The number of carbonyl (C=O) groups excluding carboxylic acids is 1. The molecule has 0 saturated heterocycles. The zero-order valence-electron chi connectivity index (χ0n) is 8.40. The number of amides is 1. The summed E-state index contributed by atoms with van der Waals surface area (Å²) in [5.74, 6) is -1.40. The summed E-state index contributed by atoms with van der Waals surface area (Å²) in [5, 5.41) is 1.79. The molecule has 7 heteroatoms. The number of nitrogens with two attached hydrogens (primary N) is 1. The quantitative estimate of drug-likeness (QED) is 0.686. The van der Waals surface area contributed by atoms with Gasteiger partial charge in [-0.3, -0.25) is 4.79 Å². The van der Waals surface area contributed by atoms with Crippen molar-refractivity contribution in [1.29, 1.82) is 0 Å². The number of alkyl halides is 3. The van der Waals surface area contributed by atoms with E-state index in [1.54, 1.807) is 17.4 Å². The van der Waals surface area contributed by atoms with Gasteiger partial charge in [0, 0.05) is 12.2 Å². The Morgan fingerprint density at radius 2 is 2.12 bits per heavy atom. The minimum absolute atomic E-state index is 0.0166. The van der Waals surface area contributed by atoms with Crippen LogP contribution in [0.25, 0.3) is 0 Å². The zero-order chi connectivity index (χ0) is 12.2. The van der Waals surface area contributed by atoms with Gasteiger partial charge in [-0.2, -0.15) is 13.2 Å². The molecule has 0 fully saturated rings. The fourth-order valence-electron chi connectivity index (χ4n) is 1.19. The number of H-pyrrole nitrogens is 1. The Morgan fingerprint density at radius 3 is 2.62 bits per heavy atom. The average molecular weight is 235 g/mol. The summed E-state index contributed by atoms with van der Waals surface area (Å²) in [6.45, 7) is -0.0166. The molecule has 0 aliphatic heterocycles. The van der Waals surface area contributed by atoms with Gasteiger partial charge in [0.2, 0.25) is 0 Å². The number of hydrogen-bond donors (Lipinski definition) is 3. The van der Waals surface area contributed by atoms with E-state index in [0.29, 0.717) is 18.7 Å². The van der Waals surface area contributed by atoms with Crippen molar-refractivity contribution in [3.05, 3.63) is 17.8 Å². The van der Waals surface area contributed by atoms with E-state index in [0.717, 1.165) is 5.69 Å². The predicted octanol–water partition coefficient (Wildman–Crippen LogP) is 1.21. The van der Waals surface area contributed by atoms with Crippen molar-refractivity contribution in [2.75, 3.05) is 12.3 Å². The average Bonchev–Trinajstić information content (AvgIpc) is 2.57. The highest BCUT2D eigenvalue weighted by molar-refractivity contribution is 5.81. The van der Waals surface area contributed by atoms with Gasteiger partial charge in [-0.15, -0.1) is 0 Å². The van der Waals surface area contributed by atoms with E-state index in [1.165, 1.54) is 0 Å². The highest BCUT2D eigenvalue weighted by atomic mass is 19.4. The lowest BCUT2D eigenvalue weighted by Crippen LogP contribution is -2.37. The maximum Gasteiger partial charge on any atom is 0.471 e. The molecule has 4 nitrogen and oxygen atoms in total. The van der Waals surface area contributed by atoms with Crippen molar-refractivity contribution in [2.24, 2.45) is 0 Å². The number of aromatic nitrogens is 1. The lowest BCUT2D eigenvalue weighted by atomic mass is 10.2. The molecule has 0 bridgehead atoms. The maximum absolute atomic E-state index is 11.8. The molecule has 1 amide bonds. The number of aromatic amines is 1. The molecule has 1 rings (SSSR count). The van der Waals surface area contributed by atoms with Gasteiger partial charge >= 0.3 is 12.1 Å². The van der Waals surface area contributed by atoms with E-state index in [1.807, 2.05) is 0 Å². The van der Waals surface area contributed by atoms with E-state index in [2.05, 4.69) is 4.98 Å². The first-order valence-corrected chi connectivity index (χ1v) is 4.68. The summed E-state index contributed by atoms with van der Waals surface area (Å²) in [7, 11) is 0. The molecule has 0 saturated carbocycles. The van der Waals surface area contributed by atoms with Crippen LogP contribution in [-0.4, -0.2) is 23.6 Å². The minimum Gasteiger partial charge on any atom is -0.385 e. The van der Waals surface area contributed by atoms with Gasteiger partial charge in [0.1, 0.15) is 5.82 Å². The van der Waals surface area contributed by atoms with Crippen molar-refractivity contribution in [3.8, 4) is 0 Å². The monoisotopic (exact) mass is 235 g/mol. The van der Waals surface area contributed by atoms with Crippen molar-refractivity contribution >= 4 is 11.7 Å². The molecule has 16 heavy (non-hydrogen) atoms. The molecule has 0 atom stereocenters. The largest absolute Gasteiger partial charge is 0.471 e. The summed E-state index contributed by atoms with van der Waals surface area (Å²) in [4.78, 5) is 13.3. The first kappa shape index (κ1) is 12.4. The molecular formula is C9H12F3N3O. The summed E-state index contributed by atoms with van der Waals surface area (Å²) >= 11 is 0. The third kappa shape index (κ3) is 3.84. The van der Waals surface area contributed by atoms with Gasteiger partial charge in [-0.1, -0.05) is 0 Å². The van der Waals surface area contributed by atoms with Gasteiger partial charge in [0.05, 0.1) is 0 Å². The van der Waals surface area contributed by atoms with E-state index < -0.39 is 12.1 Å². The van der Waals surface area contributed by atoms with Gasteiger partial charge < -0.3 is 16.0 Å². The molecule has 0 aliphatic carbocycles. The molecule has 1 aromatic heterocycles. The number of nitrogens with one attached hydrogen (secondary N) is 2. The van der Waals surface area contributed by atoms with Crippen molar-refractivity contribution in [3.63, 3.8) is 0 Å². The lowest BCUT2D eigenvalue weighted by molar-refractivity contribution is -0.173. The number of nitrogen functional groups attached to an aromatic ring is 1. The second-order valence-electron chi connectivity index (χ2n) is 3.30. The highest BCUT2D eigenvalue weighted by Gasteiger charge is 2.38. The number of carbonyl (C=O) groups is 1. The Kier molecular flexibility index (Phi) is 3.81. The molecule has 0 aliphatic rings. The fraction of sp³-hybridized carbons (Fsp3) is 0.444. The molecule has 0 radical (unpaired) electrons. The number of halogens is 3. The number of rotatable bonds is 4. The predicted molar refractivity (Wildman–Crippen MR) is 52.6 cm³/mol. The van der Waals surface area contributed by atoms with Crippen molar-refractivity contribution in [1.82, 2.24) is 10.3 Å². The Morgan fingerprint density at radius 1 is 1.44 bits per heavy atom. The highest BCUT2D eigenvalue weighted by Crippen LogP contribution is 2.14. The number of anilines is 1. The molecule has 1 aromatic rings. The molecular weight excluding hydrogens is 223 g/mol. The third-order valence-corrected chi connectivity index (χ3v) is 1.93. The summed E-state index contributed by atoms with van der Waals surface area (Å²) in [5.41, 5.74) is 6.25. The third-order valence-electron chi connectivity index (χ3n) is 1.93. The van der Waals surface area contributed by atoms with Crippen LogP contribution in [0.4, 0.5) is 19.0 Å². The van der Waals surface area contributed by atoms with Crippen LogP contribution in [0.15, 0.2) is 12.1 Å². The fourth-order valence-corrected chi connectivity index (χ4v) is 1.19. The zero-order valence-corrected chi connectivity index (χ0v) is 8.40. The van der Waals surface area contributed by atoms with Crippen LogP contribution in [0.2, 0.25) is 0 Å². The van der Waals surface area contributed by atoms with E-state index >= 15 is 0 Å². The van der Waals surface area contributed by atoms with Crippen LogP contribution in [0, 0.1) is 0 Å². The summed E-state index contributed by atoms with van der Waals surface area (Å²) < 4.78 is 35.3. The molecule has 1 heterocycles. The molecule has 0 spiro atoms. The lowest BCUT2D eigenvalue weighted by Gasteiger charge is -2.06. The van der Waals surface area contributed by atoms with E-state index in [4.69, 9.17) is 5.73 Å². The Balaban J connectivity index is 2.20. The van der Waals surface area contributed by atoms with Gasteiger partial charge in [-0.05, 0) is 25.0 Å². The van der Waals surface area contributed by atoms with Crippen LogP contribution >= 0.6 is 0 Å². The normalized spacial score (nSPS) is 11.4.